The molecule has 0 radical (unpaired) electrons. The maximum absolute atomic E-state index is 12.1. The van der Waals surface area contributed by atoms with Crippen LogP contribution in [0.25, 0.3) is 10.9 Å². The number of benzene rings is 1. The zero-order valence-corrected chi connectivity index (χ0v) is 12.9. The van der Waals surface area contributed by atoms with Gasteiger partial charge in [0.1, 0.15) is 0 Å². The first-order valence-electron chi connectivity index (χ1n) is 8.19. The van der Waals surface area contributed by atoms with E-state index in [4.69, 9.17) is 0 Å². The molecule has 22 heavy (non-hydrogen) atoms. The Balaban J connectivity index is 1.62. The number of aromatic nitrogens is 1. The summed E-state index contributed by atoms with van der Waals surface area (Å²) in [6, 6.07) is 11.1. The quantitative estimate of drug-likeness (QED) is 0.943. The zero-order valence-electron chi connectivity index (χ0n) is 12.9. The van der Waals surface area contributed by atoms with Crippen LogP contribution in [0.5, 0.6) is 0 Å². The van der Waals surface area contributed by atoms with E-state index in [1.807, 2.05) is 12.1 Å². The summed E-state index contributed by atoms with van der Waals surface area (Å²) in [5.41, 5.74) is 3.22. The molecule has 4 nitrogen and oxygen atoms in total. The van der Waals surface area contributed by atoms with E-state index >= 15 is 0 Å². The van der Waals surface area contributed by atoms with E-state index in [0.29, 0.717) is 18.4 Å². The van der Waals surface area contributed by atoms with Gasteiger partial charge in [-0.2, -0.15) is 0 Å². The number of nitrogens with zero attached hydrogens (tertiary/aromatic N) is 2. The second kappa shape index (κ2) is 5.27. The second-order valence-corrected chi connectivity index (χ2v) is 6.35. The Labute approximate surface area is 130 Å². The van der Waals surface area contributed by atoms with Crippen molar-refractivity contribution in [1.29, 1.82) is 0 Å². The molecule has 1 atom stereocenters. The van der Waals surface area contributed by atoms with Crippen LogP contribution in [0.3, 0.4) is 0 Å². The summed E-state index contributed by atoms with van der Waals surface area (Å²) < 4.78 is 0. The molecule has 0 bridgehead atoms. The Hall–Kier alpha value is -2.10. The highest BCUT2D eigenvalue weighted by molar-refractivity contribution is 5.92. The number of hydrogen-bond acceptors (Lipinski definition) is 3. The van der Waals surface area contributed by atoms with Crippen LogP contribution in [0, 0.1) is 0 Å². The molecule has 4 rings (SSSR count). The van der Waals surface area contributed by atoms with Gasteiger partial charge in [0.05, 0.1) is 11.6 Å². The van der Waals surface area contributed by atoms with E-state index in [9.17, 15) is 4.79 Å². The molecule has 2 aromatic rings. The van der Waals surface area contributed by atoms with Crippen molar-refractivity contribution in [2.75, 3.05) is 11.9 Å². The van der Waals surface area contributed by atoms with Crippen molar-refractivity contribution >= 4 is 22.5 Å². The maximum Gasteiger partial charge on any atom is 0.225 e. The highest BCUT2D eigenvalue weighted by atomic mass is 16.2. The first kappa shape index (κ1) is 13.6. The van der Waals surface area contributed by atoms with E-state index in [1.54, 1.807) is 0 Å². The minimum absolute atomic E-state index is 0.212. The molecule has 2 aliphatic rings. The van der Waals surface area contributed by atoms with Gasteiger partial charge in [-0.05, 0) is 31.4 Å². The van der Waals surface area contributed by atoms with Crippen LogP contribution in [0.2, 0.25) is 0 Å². The fourth-order valence-corrected chi connectivity index (χ4v) is 3.32. The number of hydrogen-bond donors (Lipinski definition) is 1. The number of rotatable bonds is 4. The standard InChI is InChI=1S/C18H21N3O/c1-2-12-9-17(15-5-3-4-6-16(15)19-12)20-13-10-18(22)21(11-13)14-7-8-14/h3-6,9,13-14H,2,7-8,10-11H2,1H3,(H,19,20). The minimum Gasteiger partial charge on any atom is -0.379 e. The first-order chi connectivity index (χ1) is 10.7. The summed E-state index contributed by atoms with van der Waals surface area (Å²) >= 11 is 0. The average molecular weight is 295 g/mol. The van der Waals surface area contributed by atoms with Gasteiger partial charge in [0, 0.05) is 35.8 Å². The van der Waals surface area contributed by atoms with Gasteiger partial charge in [0.2, 0.25) is 5.91 Å². The Morgan fingerprint density at radius 1 is 1.32 bits per heavy atom. The molecule has 1 amide bonds. The molecule has 2 heterocycles. The lowest BCUT2D eigenvalue weighted by atomic mass is 10.1. The van der Waals surface area contributed by atoms with Crippen molar-refractivity contribution in [3.05, 3.63) is 36.0 Å². The first-order valence-corrected chi connectivity index (χ1v) is 8.19. The Bertz CT molecular complexity index is 723. The SMILES string of the molecule is CCc1cc(NC2CC(=O)N(C3CC3)C2)c2ccccc2n1. The Morgan fingerprint density at radius 3 is 2.91 bits per heavy atom. The number of pyridine rings is 1. The van der Waals surface area contributed by atoms with Gasteiger partial charge in [-0.1, -0.05) is 25.1 Å². The fraction of sp³-hybridized carbons (Fsp3) is 0.444. The lowest BCUT2D eigenvalue weighted by molar-refractivity contribution is -0.128. The third-order valence-electron chi connectivity index (χ3n) is 4.64. The van der Waals surface area contributed by atoms with Gasteiger partial charge in [-0.25, -0.2) is 0 Å². The van der Waals surface area contributed by atoms with Gasteiger partial charge in [0.15, 0.2) is 0 Å². The minimum atomic E-state index is 0.212. The van der Waals surface area contributed by atoms with Crippen molar-refractivity contribution in [3.63, 3.8) is 0 Å². The molecule has 1 aromatic heterocycles. The highest BCUT2D eigenvalue weighted by Gasteiger charge is 2.39. The molecule has 1 unspecified atom stereocenters. The third kappa shape index (κ3) is 2.43. The van der Waals surface area contributed by atoms with Crippen molar-refractivity contribution < 1.29 is 4.79 Å². The number of fused-ring (bicyclic) bond motifs is 1. The summed E-state index contributed by atoms with van der Waals surface area (Å²) in [7, 11) is 0. The number of carbonyl (C=O) groups excluding carboxylic acids is 1. The molecule has 1 N–H and O–H groups in total. The molecule has 1 aromatic carbocycles. The number of likely N-dealkylation sites (tertiary alicyclic amines) is 1. The van der Waals surface area contributed by atoms with Crippen LogP contribution in [-0.2, 0) is 11.2 Å². The predicted molar refractivity (Wildman–Crippen MR) is 87.9 cm³/mol. The van der Waals surface area contributed by atoms with Gasteiger partial charge in [-0.3, -0.25) is 9.78 Å². The number of para-hydroxylation sites is 1. The molecule has 1 aliphatic carbocycles. The van der Waals surface area contributed by atoms with E-state index in [2.05, 4.69) is 40.3 Å². The number of amides is 1. The number of aryl methyl sites for hydroxylation is 1. The molecule has 4 heteroatoms. The van der Waals surface area contributed by atoms with Gasteiger partial charge < -0.3 is 10.2 Å². The largest absolute Gasteiger partial charge is 0.379 e. The molecule has 0 spiro atoms. The molecule has 1 aliphatic heterocycles. The highest BCUT2D eigenvalue weighted by Crippen LogP contribution is 2.32. The van der Waals surface area contributed by atoms with Crippen LogP contribution >= 0.6 is 0 Å². The Kier molecular flexibility index (Phi) is 3.25. The number of nitrogens with one attached hydrogen (secondary N) is 1. The van der Waals surface area contributed by atoms with E-state index < -0.39 is 0 Å². The maximum atomic E-state index is 12.1. The summed E-state index contributed by atoms with van der Waals surface area (Å²) in [5.74, 6) is 0.300. The van der Waals surface area contributed by atoms with Gasteiger partial charge in [0.25, 0.3) is 0 Å². The second-order valence-electron chi connectivity index (χ2n) is 6.35. The van der Waals surface area contributed by atoms with Crippen LogP contribution in [0.1, 0.15) is 31.9 Å². The molecule has 2 fully saturated rings. The van der Waals surface area contributed by atoms with Crippen molar-refractivity contribution in [1.82, 2.24) is 9.88 Å². The Morgan fingerprint density at radius 2 is 2.14 bits per heavy atom. The van der Waals surface area contributed by atoms with E-state index in [-0.39, 0.29) is 6.04 Å². The lowest BCUT2D eigenvalue weighted by Gasteiger charge is -2.18. The van der Waals surface area contributed by atoms with Crippen LogP contribution < -0.4 is 5.32 Å². The van der Waals surface area contributed by atoms with Crippen molar-refractivity contribution in [2.24, 2.45) is 0 Å². The van der Waals surface area contributed by atoms with Crippen molar-refractivity contribution in [3.8, 4) is 0 Å². The van der Waals surface area contributed by atoms with Crippen LogP contribution in [0.15, 0.2) is 30.3 Å². The number of carbonyl (C=O) groups is 1. The molecule has 1 saturated heterocycles. The van der Waals surface area contributed by atoms with Crippen LogP contribution in [0.4, 0.5) is 5.69 Å². The summed E-state index contributed by atoms with van der Waals surface area (Å²) in [5, 5.41) is 4.74. The molecular weight excluding hydrogens is 274 g/mol. The predicted octanol–water partition coefficient (Wildman–Crippen LogP) is 2.97. The summed E-state index contributed by atoms with van der Waals surface area (Å²) in [6.45, 7) is 2.95. The van der Waals surface area contributed by atoms with Crippen molar-refractivity contribution in [2.45, 2.75) is 44.7 Å². The molecule has 114 valence electrons. The summed E-state index contributed by atoms with van der Waals surface area (Å²) in [6.07, 6.45) is 3.87. The smallest absolute Gasteiger partial charge is 0.225 e. The zero-order chi connectivity index (χ0) is 15.1. The average Bonchev–Trinajstić information content (AvgIpc) is 3.31. The third-order valence-corrected chi connectivity index (χ3v) is 4.64. The van der Waals surface area contributed by atoms with E-state index in [0.717, 1.165) is 35.2 Å². The fourth-order valence-electron chi connectivity index (χ4n) is 3.32. The molecular formula is C18H21N3O. The topological polar surface area (TPSA) is 45.2 Å². The monoisotopic (exact) mass is 295 g/mol. The normalized spacial score (nSPS) is 21.6. The lowest BCUT2D eigenvalue weighted by Crippen LogP contribution is -2.29. The summed E-state index contributed by atoms with van der Waals surface area (Å²) in [4.78, 5) is 18.9. The van der Waals surface area contributed by atoms with E-state index in [1.165, 1.54) is 12.8 Å². The molecule has 1 saturated carbocycles. The van der Waals surface area contributed by atoms with Crippen LogP contribution in [-0.4, -0.2) is 34.4 Å². The van der Waals surface area contributed by atoms with Gasteiger partial charge >= 0.3 is 0 Å². The number of anilines is 1. The van der Waals surface area contributed by atoms with Gasteiger partial charge in [-0.15, -0.1) is 0 Å².